The minimum atomic E-state index is -0.718. The molecule has 1 rings (SSSR count). The highest BCUT2D eigenvalue weighted by Gasteiger charge is 2.40. The Morgan fingerprint density at radius 1 is 1.47 bits per heavy atom. The van der Waals surface area contributed by atoms with Gasteiger partial charge in [0.15, 0.2) is 5.78 Å². The summed E-state index contributed by atoms with van der Waals surface area (Å²) in [5, 5.41) is 0. The van der Waals surface area contributed by atoms with Crippen molar-refractivity contribution in [2.75, 3.05) is 7.11 Å². The lowest BCUT2D eigenvalue weighted by molar-refractivity contribution is -0.153. The highest BCUT2D eigenvalue weighted by molar-refractivity contribution is 6.12. The zero-order chi connectivity index (χ0) is 11.4. The quantitative estimate of drug-likeness (QED) is 0.519. The average Bonchev–Trinajstić information content (AvgIpc) is 2.23. The fraction of sp³-hybridized carbons (Fsp3) is 0.727. The van der Waals surface area contributed by atoms with Gasteiger partial charge in [-0.3, -0.25) is 14.4 Å². The molecular formula is C11H16O4. The lowest BCUT2D eigenvalue weighted by atomic mass is 9.77. The molecule has 0 heterocycles. The van der Waals surface area contributed by atoms with E-state index in [2.05, 4.69) is 4.74 Å². The van der Waals surface area contributed by atoms with Crippen LogP contribution in [0.25, 0.3) is 0 Å². The Morgan fingerprint density at radius 3 is 2.67 bits per heavy atom. The van der Waals surface area contributed by atoms with Gasteiger partial charge in [0.1, 0.15) is 11.7 Å². The van der Waals surface area contributed by atoms with Crippen molar-refractivity contribution in [1.82, 2.24) is 0 Å². The summed E-state index contributed by atoms with van der Waals surface area (Å²) in [5.74, 6) is -2.08. The number of carbonyl (C=O) groups is 3. The fourth-order valence-electron chi connectivity index (χ4n) is 1.97. The van der Waals surface area contributed by atoms with Gasteiger partial charge in [-0.25, -0.2) is 0 Å². The molecule has 4 nitrogen and oxygen atoms in total. The van der Waals surface area contributed by atoms with E-state index in [0.717, 1.165) is 6.42 Å². The van der Waals surface area contributed by atoms with Gasteiger partial charge in [0.2, 0.25) is 0 Å². The van der Waals surface area contributed by atoms with Crippen LogP contribution in [-0.2, 0) is 19.1 Å². The molecule has 0 aromatic heterocycles. The molecule has 0 saturated heterocycles. The SMILES string of the molecule is CCCC1C(=O)CCC(C(=O)OC)C1=O. The number of Topliss-reactive ketones (excluding diaryl/α,β-unsaturated/α-hetero) is 2. The normalized spacial score (nSPS) is 26.5. The molecule has 0 spiro atoms. The van der Waals surface area contributed by atoms with E-state index in [-0.39, 0.29) is 11.6 Å². The van der Waals surface area contributed by atoms with E-state index in [1.54, 1.807) is 0 Å². The summed E-state index contributed by atoms with van der Waals surface area (Å²) in [4.78, 5) is 34.6. The first kappa shape index (κ1) is 11.9. The average molecular weight is 212 g/mol. The summed E-state index contributed by atoms with van der Waals surface area (Å²) in [5.41, 5.74) is 0. The Labute approximate surface area is 89.0 Å². The van der Waals surface area contributed by atoms with Gasteiger partial charge in [0, 0.05) is 6.42 Å². The molecule has 2 atom stereocenters. The lowest BCUT2D eigenvalue weighted by Crippen LogP contribution is -2.39. The van der Waals surface area contributed by atoms with E-state index in [1.807, 2.05) is 6.92 Å². The van der Waals surface area contributed by atoms with E-state index in [9.17, 15) is 14.4 Å². The van der Waals surface area contributed by atoms with Crippen LogP contribution in [0.2, 0.25) is 0 Å². The van der Waals surface area contributed by atoms with Crippen molar-refractivity contribution in [2.24, 2.45) is 11.8 Å². The van der Waals surface area contributed by atoms with E-state index in [1.165, 1.54) is 7.11 Å². The van der Waals surface area contributed by atoms with Crippen LogP contribution in [0.1, 0.15) is 32.6 Å². The van der Waals surface area contributed by atoms with Crippen LogP contribution in [0.15, 0.2) is 0 Å². The van der Waals surface area contributed by atoms with Gasteiger partial charge in [0.05, 0.1) is 13.0 Å². The molecule has 1 saturated carbocycles. The molecule has 1 fully saturated rings. The fourth-order valence-corrected chi connectivity index (χ4v) is 1.97. The molecule has 0 bridgehead atoms. The van der Waals surface area contributed by atoms with Crippen LogP contribution in [0.5, 0.6) is 0 Å². The number of hydrogen-bond donors (Lipinski definition) is 0. The predicted molar refractivity (Wildman–Crippen MR) is 53.2 cm³/mol. The second kappa shape index (κ2) is 5.05. The van der Waals surface area contributed by atoms with Crippen molar-refractivity contribution < 1.29 is 19.1 Å². The molecular weight excluding hydrogens is 196 g/mol. The molecule has 0 aromatic rings. The summed E-state index contributed by atoms with van der Waals surface area (Å²) < 4.78 is 4.55. The molecule has 0 N–H and O–H groups in total. The summed E-state index contributed by atoms with van der Waals surface area (Å²) >= 11 is 0. The van der Waals surface area contributed by atoms with Crippen molar-refractivity contribution >= 4 is 17.5 Å². The number of ether oxygens (including phenoxy) is 1. The lowest BCUT2D eigenvalue weighted by Gasteiger charge is -2.24. The second-order valence-corrected chi connectivity index (χ2v) is 3.82. The van der Waals surface area contributed by atoms with Crippen LogP contribution in [0, 0.1) is 11.8 Å². The molecule has 1 aliphatic carbocycles. The van der Waals surface area contributed by atoms with Crippen molar-refractivity contribution in [3.8, 4) is 0 Å². The van der Waals surface area contributed by atoms with Gasteiger partial charge in [-0.2, -0.15) is 0 Å². The minimum Gasteiger partial charge on any atom is -0.468 e. The highest BCUT2D eigenvalue weighted by Crippen LogP contribution is 2.27. The second-order valence-electron chi connectivity index (χ2n) is 3.82. The number of methoxy groups -OCH3 is 1. The van der Waals surface area contributed by atoms with Crippen molar-refractivity contribution in [2.45, 2.75) is 32.6 Å². The third-order valence-electron chi connectivity index (χ3n) is 2.82. The zero-order valence-electron chi connectivity index (χ0n) is 9.12. The first-order valence-corrected chi connectivity index (χ1v) is 5.26. The smallest absolute Gasteiger partial charge is 0.316 e. The van der Waals surface area contributed by atoms with Gasteiger partial charge < -0.3 is 4.74 Å². The Balaban J connectivity index is 2.76. The molecule has 0 amide bonds. The van der Waals surface area contributed by atoms with Crippen molar-refractivity contribution in [1.29, 1.82) is 0 Å². The Morgan fingerprint density at radius 2 is 2.13 bits per heavy atom. The number of ketones is 2. The Kier molecular flexibility index (Phi) is 4.00. The third kappa shape index (κ3) is 2.43. The molecule has 0 aromatic carbocycles. The molecule has 4 heteroatoms. The van der Waals surface area contributed by atoms with Crippen molar-refractivity contribution in [3.63, 3.8) is 0 Å². The minimum absolute atomic E-state index is 0.0259. The van der Waals surface area contributed by atoms with E-state index in [0.29, 0.717) is 19.3 Å². The first-order valence-electron chi connectivity index (χ1n) is 5.26. The Hall–Kier alpha value is -1.19. The topological polar surface area (TPSA) is 60.4 Å². The highest BCUT2D eigenvalue weighted by atomic mass is 16.5. The van der Waals surface area contributed by atoms with Crippen LogP contribution in [-0.4, -0.2) is 24.6 Å². The molecule has 84 valence electrons. The van der Waals surface area contributed by atoms with Crippen molar-refractivity contribution in [3.05, 3.63) is 0 Å². The van der Waals surface area contributed by atoms with Gasteiger partial charge in [0.25, 0.3) is 0 Å². The zero-order valence-corrected chi connectivity index (χ0v) is 9.12. The molecule has 2 unspecified atom stereocenters. The summed E-state index contributed by atoms with van der Waals surface area (Å²) in [6.45, 7) is 1.92. The maximum atomic E-state index is 11.8. The number of rotatable bonds is 3. The van der Waals surface area contributed by atoms with E-state index >= 15 is 0 Å². The molecule has 15 heavy (non-hydrogen) atoms. The van der Waals surface area contributed by atoms with Gasteiger partial charge in [-0.05, 0) is 12.8 Å². The van der Waals surface area contributed by atoms with E-state index in [4.69, 9.17) is 0 Å². The number of esters is 1. The summed E-state index contributed by atoms with van der Waals surface area (Å²) in [6.07, 6.45) is 1.95. The summed E-state index contributed by atoms with van der Waals surface area (Å²) in [7, 11) is 1.26. The monoisotopic (exact) mass is 212 g/mol. The third-order valence-corrected chi connectivity index (χ3v) is 2.82. The largest absolute Gasteiger partial charge is 0.468 e. The van der Waals surface area contributed by atoms with Gasteiger partial charge in [-0.15, -0.1) is 0 Å². The number of carbonyl (C=O) groups excluding carboxylic acids is 3. The maximum Gasteiger partial charge on any atom is 0.316 e. The van der Waals surface area contributed by atoms with Crippen LogP contribution in [0.3, 0.4) is 0 Å². The molecule has 0 radical (unpaired) electrons. The molecule has 0 aliphatic heterocycles. The Bertz CT molecular complexity index is 270. The van der Waals surface area contributed by atoms with Gasteiger partial charge >= 0.3 is 5.97 Å². The predicted octanol–water partition coefficient (Wildman–Crippen LogP) is 1.12. The van der Waals surface area contributed by atoms with Crippen LogP contribution < -0.4 is 0 Å². The summed E-state index contributed by atoms with van der Waals surface area (Å²) in [6, 6.07) is 0. The first-order chi connectivity index (χ1) is 7.11. The number of hydrogen-bond acceptors (Lipinski definition) is 4. The molecule has 1 aliphatic rings. The van der Waals surface area contributed by atoms with Gasteiger partial charge in [-0.1, -0.05) is 13.3 Å². The van der Waals surface area contributed by atoms with Crippen LogP contribution in [0.4, 0.5) is 0 Å². The standard InChI is InChI=1S/C11H16O4/c1-3-4-7-9(12)6-5-8(10(7)13)11(14)15-2/h7-8H,3-6H2,1-2H3. The van der Waals surface area contributed by atoms with Crippen LogP contribution >= 0.6 is 0 Å². The maximum absolute atomic E-state index is 11.8. The van der Waals surface area contributed by atoms with E-state index < -0.39 is 17.8 Å².